The summed E-state index contributed by atoms with van der Waals surface area (Å²) in [5, 5.41) is 18.0. The van der Waals surface area contributed by atoms with Gasteiger partial charge in [-0.2, -0.15) is 0 Å². The first-order chi connectivity index (χ1) is 11.9. The first-order valence-corrected chi connectivity index (χ1v) is 9.50. The quantitative estimate of drug-likeness (QED) is 0.537. The van der Waals surface area contributed by atoms with Crippen LogP contribution < -0.4 is 5.14 Å². The maximum Gasteiger partial charge on any atom is 0.254 e. The summed E-state index contributed by atoms with van der Waals surface area (Å²) in [6, 6.07) is 9.46. The predicted octanol–water partition coefficient (Wildman–Crippen LogP) is 3.21. The molecule has 0 saturated carbocycles. The van der Waals surface area contributed by atoms with Crippen LogP contribution in [0.15, 0.2) is 51.8 Å². The number of rotatable bonds is 3. The Morgan fingerprint density at radius 1 is 1.20 bits per heavy atom. The van der Waals surface area contributed by atoms with Crippen molar-refractivity contribution >= 4 is 54.4 Å². The fourth-order valence-electron chi connectivity index (χ4n) is 2.60. The molecule has 4 rings (SSSR count). The topological polar surface area (TPSA) is 119 Å². The fraction of sp³-hybridized carbons (Fsp3) is 0. The summed E-state index contributed by atoms with van der Waals surface area (Å²) >= 11 is 1.51. The summed E-state index contributed by atoms with van der Waals surface area (Å²) in [7, 11) is -3.99. The van der Waals surface area contributed by atoms with Crippen LogP contribution >= 0.6 is 11.3 Å². The lowest BCUT2D eigenvalue weighted by atomic mass is 10.1. The zero-order chi connectivity index (χ0) is 17.6. The first kappa shape index (κ1) is 15.8. The van der Waals surface area contributed by atoms with Crippen LogP contribution in [-0.2, 0) is 10.0 Å². The summed E-state index contributed by atoms with van der Waals surface area (Å²) in [6.07, 6.45) is 1.51. The highest BCUT2D eigenvalue weighted by atomic mass is 32.2. The second kappa shape index (κ2) is 5.66. The average Bonchev–Trinajstić information content (AvgIpc) is 3.15. The van der Waals surface area contributed by atoms with E-state index in [-0.39, 0.29) is 10.8 Å². The molecule has 0 saturated heterocycles. The summed E-state index contributed by atoms with van der Waals surface area (Å²) < 4.78 is 23.3. The molecule has 2 heterocycles. The molecule has 7 nitrogen and oxygen atoms in total. The van der Waals surface area contributed by atoms with E-state index < -0.39 is 10.0 Å². The lowest BCUT2D eigenvalue weighted by molar-refractivity contribution is 0.457. The van der Waals surface area contributed by atoms with Gasteiger partial charge >= 0.3 is 0 Å². The Kier molecular flexibility index (Phi) is 3.57. The molecule has 9 heteroatoms. The molecule has 125 valence electrons. The summed E-state index contributed by atoms with van der Waals surface area (Å²) in [4.78, 5) is 11.4. The maximum absolute atomic E-state index is 11.2. The number of sulfonamides is 1. The van der Waals surface area contributed by atoms with Gasteiger partial charge in [0.05, 0.1) is 37.4 Å². The van der Waals surface area contributed by atoms with E-state index in [2.05, 4.69) is 15.0 Å². The van der Waals surface area contributed by atoms with E-state index in [1.54, 1.807) is 5.51 Å². The Morgan fingerprint density at radius 2 is 1.96 bits per heavy atom. The molecule has 0 unspecified atom stereocenters. The molecule has 4 aromatic rings. The van der Waals surface area contributed by atoms with Crippen LogP contribution in [0.5, 0.6) is 5.88 Å². The Morgan fingerprint density at radius 3 is 2.68 bits per heavy atom. The van der Waals surface area contributed by atoms with Crippen molar-refractivity contribution in [3.05, 3.63) is 47.5 Å². The molecular formula is C16H11N4O3S2. The van der Waals surface area contributed by atoms with E-state index in [0.29, 0.717) is 11.3 Å². The third-order valence-electron chi connectivity index (χ3n) is 3.77. The van der Waals surface area contributed by atoms with Crippen LogP contribution in [0.4, 0.5) is 5.69 Å². The molecule has 1 radical (unpaired) electrons. The number of aromatic amines is 1. The molecule has 0 fully saturated rings. The Balaban J connectivity index is 1.79. The standard InChI is InChI=1S/C16H11N4O3S2/c17-25(22,23)10-3-1-9(2-4-10)18-7-11-14-12(20-16(11)21)5-6-13-15(14)19-8-24-13/h1-8,17,20-21H. The molecule has 25 heavy (non-hydrogen) atoms. The number of nitrogens with zero attached hydrogens (tertiary/aromatic N) is 2. The number of aliphatic imine (C=N–C) groups is 1. The van der Waals surface area contributed by atoms with Gasteiger partial charge in [-0.3, -0.25) is 4.99 Å². The van der Waals surface area contributed by atoms with E-state index in [1.165, 1.54) is 41.8 Å². The van der Waals surface area contributed by atoms with Crippen molar-refractivity contribution in [2.45, 2.75) is 4.90 Å². The first-order valence-electron chi connectivity index (χ1n) is 7.14. The number of aromatic hydroxyl groups is 1. The zero-order valence-electron chi connectivity index (χ0n) is 12.6. The highest BCUT2D eigenvalue weighted by Crippen LogP contribution is 2.33. The minimum absolute atomic E-state index is 0.00962. The van der Waals surface area contributed by atoms with E-state index in [4.69, 9.17) is 5.14 Å². The van der Waals surface area contributed by atoms with Gasteiger partial charge in [0.1, 0.15) is 0 Å². The fourth-order valence-corrected chi connectivity index (χ4v) is 3.78. The minimum atomic E-state index is -3.99. The van der Waals surface area contributed by atoms with Gasteiger partial charge in [-0.15, -0.1) is 16.5 Å². The smallest absolute Gasteiger partial charge is 0.254 e. The van der Waals surface area contributed by atoms with Crippen molar-refractivity contribution in [3.8, 4) is 5.88 Å². The Bertz CT molecular complexity index is 1220. The van der Waals surface area contributed by atoms with Gasteiger partial charge in [0.25, 0.3) is 10.0 Å². The Labute approximate surface area is 146 Å². The third kappa shape index (κ3) is 2.78. The predicted molar refractivity (Wildman–Crippen MR) is 97.1 cm³/mol. The van der Waals surface area contributed by atoms with Gasteiger partial charge in [-0.05, 0) is 36.4 Å². The van der Waals surface area contributed by atoms with E-state index >= 15 is 0 Å². The molecule has 0 aliphatic heterocycles. The molecule has 0 spiro atoms. The molecule has 3 N–H and O–H groups in total. The molecule has 0 aliphatic rings. The number of fused-ring (bicyclic) bond motifs is 3. The van der Waals surface area contributed by atoms with E-state index in [0.717, 1.165) is 21.1 Å². The third-order valence-corrected chi connectivity index (χ3v) is 5.46. The summed E-state index contributed by atoms with van der Waals surface area (Å²) in [6.45, 7) is 0. The van der Waals surface area contributed by atoms with E-state index in [1.807, 2.05) is 12.1 Å². The number of hydrogen-bond acceptors (Lipinski definition) is 6. The molecule has 0 bridgehead atoms. The number of H-pyrrole nitrogens is 1. The van der Waals surface area contributed by atoms with Crippen molar-refractivity contribution in [2.75, 3.05) is 0 Å². The number of hydrogen-bond donors (Lipinski definition) is 2. The SMILES string of the molecule is [NH]S(=O)(=O)c1ccc(N=Cc2c(O)[nH]c3ccc4scnc4c23)cc1. The van der Waals surface area contributed by atoms with Gasteiger partial charge in [-0.25, -0.2) is 13.4 Å². The zero-order valence-corrected chi connectivity index (χ0v) is 14.2. The largest absolute Gasteiger partial charge is 0.494 e. The van der Waals surface area contributed by atoms with Gasteiger partial charge in [0.2, 0.25) is 0 Å². The summed E-state index contributed by atoms with van der Waals surface area (Å²) in [5.41, 5.74) is 4.31. The number of benzene rings is 2. The van der Waals surface area contributed by atoms with E-state index in [9.17, 15) is 13.5 Å². The molecular weight excluding hydrogens is 360 g/mol. The lowest BCUT2D eigenvalue weighted by Gasteiger charge is -1.98. The average molecular weight is 371 g/mol. The van der Waals surface area contributed by atoms with Crippen LogP contribution in [0.3, 0.4) is 0 Å². The second-order valence-electron chi connectivity index (χ2n) is 5.33. The highest BCUT2D eigenvalue weighted by Gasteiger charge is 2.14. The van der Waals surface area contributed by atoms with Crippen molar-refractivity contribution in [1.29, 1.82) is 0 Å². The van der Waals surface area contributed by atoms with Gasteiger partial charge in [-0.1, -0.05) is 0 Å². The van der Waals surface area contributed by atoms with Crippen molar-refractivity contribution < 1.29 is 13.5 Å². The van der Waals surface area contributed by atoms with Crippen molar-refractivity contribution in [1.82, 2.24) is 15.1 Å². The van der Waals surface area contributed by atoms with Crippen LogP contribution in [-0.4, -0.2) is 29.7 Å². The number of nitrogens with one attached hydrogen (secondary N) is 2. The molecule has 0 atom stereocenters. The van der Waals surface area contributed by atoms with Crippen LogP contribution in [0.2, 0.25) is 0 Å². The summed E-state index contributed by atoms with van der Waals surface area (Å²) in [5.74, 6) is -0.00962. The van der Waals surface area contributed by atoms with Crippen LogP contribution in [0.1, 0.15) is 5.56 Å². The normalized spacial score (nSPS) is 12.5. The minimum Gasteiger partial charge on any atom is -0.494 e. The highest BCUT2D eigenvalue weighted by molar-refractivity contribution is 7.88. The monoisotopic (exact) mass is 371 g/mol. The number of thiazole rings is 1. The van der Waals surface area contributed by atoms with Crippen molar-refractivity contribution in [2.24, 2.45) is 4.99 Å². The van der Waals surface area contributed by atoms with Crippen molar-refractivity contribution in [3.63, 3.8) is 0 Å². The van der Waals surface area contributed by atoms with Gasteiger partial charge < -0.3 is 10.1 Å². The van der Waals surface area contributed by atoms with Crippen LogP contribution in [0.25, 0.3) is 21.1 Å². The van der Waals surface area contributed by atoms with Gasteiger partial charge in [0, 0.05) is 11.6 Å². The second-order valence-corrected chi connectivity index (χ2v) is 7.69. The molecule has 2 aromatic heterocycles. The van der Waals surface area contributed by atoms with Crippen LogP contribution in [0, 0.1) is 0 Å². The molecule has 0 aliphatic carbocycles. The Hall–Kier alpha value is -2.75. The van der Waals surface area contributed by atoms with Gasteiger partial charge in [0.15, 0.2) is 5.88 Å². The molecule has 0 amide bonds. The lowest BCUT2D eigenvalue weighted by Crippen LogP contribution is -1.99. The number of aromatic nitrogens is 2. The maximum atomic E-state index is 11.2. The molecule has 2 aromatic carbocycles.